The van der Waals surface area contributed by atoms with E-state index >= 15 is 0 Å². The highest BCUT2D eigenvalue weighted by Crippen LogP contribution is 2.40. The molecule has 4 aliphatic rings. The van der Waals surface area contributed by atoms with Gasteiger partial charge in [-0.1, -0.05) is 19.6 Å². The van der Waals surface area contributed by atoms with Crippen LogP contribution in [0.4, 0.5) is 20.8 Å². The zero-order chi connectivity index (χ0) is 29.6. The monoisotopic (exact) mass is 598 g/mol. The van der Waals surface area contributed by atoms with Crippen LogP contribution in [0.25, 0.3) is 0 Å². The molecule has 226 valence electrons. The van der Waals surface area contributed by atoms with Gasteiger partial charge in [-0.25, -0.2) is 19.2 Å². The van der Waals surface area contributed by atoms with Gasteiger partial charge in [0.15, 0.2) is 12.4 Å². The van der Waals surface area contributed by atoms with Crippen LogP contribution < -0.4 is 19.9 Å². The van der Waals surface area contributed by atoms with E-state index in [0.717, 1.165) is 42.1 Å². The second-order valence-corrected chi connectivity index (χ2v) is 18.8. The molecule has 42 heavy (non-hydrogen) atoms. The molecule has 2 aromatic rings. The number of hydrogen-bond donors (Lipinski definition) is 1. The number of amides is 2. The summed E-state index contributed by atoms with van der Waals surface area (Å²) >= 11 is 0. The highest BCUT2D eigenvalue weighted by atomic mass is 28.3. The van der Waals surface area contributed by atoms with Crippen LogP contribution in [0, 0.1) is 12.7 Å². The third kappa shape index (κ3) is 5.86. The molecule has 1 N–H and O–H groups in total. The second-order valence-electron chi connectivity index (χ2n) is 13.1. The standard InChI is InChI=1S/C29H39FN6O5Si/c1-18-21-11-20(12-22(21)23(30)13-31-18)33-19-5-7-29(8-6-19)16-35(28(38)41-29)24-14-32-27-26(34-24)36(25(37)15-40-27)17-39-9-10-42(2,3)4/h13-14,19-20,33H,5-12,15-17H2,1-4H3. The average Bonchev–Trinajstić information content (AvgIpc) is 3.52. The maximum atomic E-state index is 14.3. The van der Waals surface area contributed by atoms with E-state index in [1.54, 1.807) is 0 Å². The largest absolute Gasteiger partial charge is 0.465 e. The molecule has 2 aliphatic carbocycles. The van der Waals surface area contributed by atoms with Crippen LogP contribution in [0.2, 0.25) is 25.7 Å². The summed E-state index contributed by atoms with van der Waals surface area (Å²) in [6.45, 7) is 9.57. The van der Waals surface area contributed by atoms with Gasteiger partial charge in [0.2, 0.25) is 5.82 Å². The zero-order valence-corrected chi connectivity index (χ0v) is 25.7. The van der Waals surface area contributed by atoms with Crippen LogP contribution in [0.3, 0.4) is 0 Å². The first-order valence-electron chi connectivity index (χ1n) is 14.8. The van der Waals surface area contributed by atoms with Crippen LogP contribution >= 0.6 is 0 Å². The van der Waals surface area contributed by atoms with Crippen molar-refractivity contribution in [3.8, 4) is 5.88 Å². The topological polar surface area (TPSA) is 119 Å². The summed E-state index contributed by atoms with van der Waals surface area (Å²) in [6, 6.07) is 1.42. The number of hydrogen-bond acceptors (Lipinski definition) is 9. The Hall–Kier alpha value is -3.16. The maximum absolute atomic E-state index is 14.3. The number of fused-ring (bicyclic) bond motifs is 2. The van der Waals surface area contributed by atoms with Gasteiger partial charge < -0.3 is 19.5 Å². The van der Waals surface area contributed by atoms with E-state index < -0.39 is 19.8 Å². The average molecular weight is 599 g/mol. The minimum Gasteiger partial charge on any atom is -0.465 e. The molecule has 11 nitrogen and oxygen atoms in total. The van der Waals surface area contributed by atoms with Crippen molar-refractivity contribution in [1.82, 2.24) is 20.3 Å². The van der Waals surface area contributed by atoms with Crippen molar-refractivity contribution < 1.29 is 28.2 Å². The fraction of sp³-hybridized carbons (Fsp3) is 0.621. The molecule has 1 atom stereocenters. The molecule has 2 fully saturated rings. The van der Waals surface area contributed by atoms with Crippen LogP contribution in [-0.4, -0.2) is 79.2 Å². The fourth-order valence-electron chi connectivity index (χ4n) is 6.31. The third-order valence-electron chi connectivity index (χ3n) is 8.79. The normalized spacial score (nSPS) is 25.5. The molecular weight excluding hydrogens is 559 g/mol. The highest BCUT2D eigenvalue weighted by Gasteiger charge is 2.49. The number of pyridine rings is 1. The first-order chi connectivity index (χ1) is 20.0. The van der Waals surface area contributed by atoms with Crippen molar-refractivity contribution in [3.05, 3.63) is 35.0 Å². The summed E-state index contributed by atoms with van der Waals surface area (Å²) in [7, 11) is -1.28. The molecule has 1 unspecified atom stereocenters. The Morgan fingerprint density at radius 1 is 1.12 bits per heavy atom. The van der Waals surface area contributed by atoms with Crippen LogP contribution in [-0.2, 0) is 27.1 Å². The summed E-state index contributed by atoms with van der Waals surface area (Å²) in [5.74, 6) is 0.307. The van der Waals surface area contributed by atoms with Crippen molar-refractivity contribution in [1.29, 1.82) is 0 Å². The number of aromatic nitrogens is 3. The third-order valence-corrected chi connectivity index (χ3v) is 10.5. The molecule has 1 saturated carbocycles. The smallest absolute Gasteiger partial charge is 0.416 e. The summed E-state index contributed by atoms with van der Waals surface area (Å²) in [4.78, 5) is 41.8. The predicted molar refractivity (Wildman–Crippen MR) is 156 cm³/mol. The summed E-state index contributed by atoms with van der Waals surface area (Å²) in [5.41, 5.74) is 2.09. The molecule has 0 radical (unpaired) electrons. The number of nitrogens with zero attached hydrogens (tertiary/aromatic N) is 5. The number of halogens is 1. The number of carbonyl (C=O) groups is 2. The molecule has 1 saturated heterocycles. The van der Waals surface area contributed by atoms with Gasteiger partial charge in [0, 0.05) is 32.5 Å². The van der Waals surface area contributed by atoms with Gasteiger partial charge in [-0.05, 0) is 62.6 Å². The number of ether oxygens (including phenoxy) is 3. The second kappa shape index (κ2) is 11.2. The van der Waals surface area contributed by atoms with Crippen molar-refractivity contribution in [2.45, 2.75) is 88.8 Å². The first-order valence-corrected chi connectivity index (χ1v) is 18.5. The van der Waals surface area contributed by atoms with E-state index in [4.69, 9.17) is 14.2 Å². The van der Waals surface area contributed by atoms with Crippen molar-refractivity contribution in [2.24, 2.45) is 0 Å². The molecule has 4 heterocycles. The van der Waals surface area contributed by atoms with Gasteiger partial charge in [-0.2, -0.15) is 0 Å². The summed E-state index contributed by atoms with van der Waals surface area (Å²) < 4.78 is 31.6. The van der Waals surface area contributed by atoms with Crippen LogP contribution in [0.5, 0.6) is 5.88 Å². The number of anilines is 2. The van der Waals surface area contributed by atoms with Crippen LogP contribution in [0.1, 0.15) is 42.5 Å². The van der Waals surface area contributed by atoms with E-state index in [1.165, 1.54) is 22.2 Å². The molecule has 2 amide bonds. The van der Waals surface area contributed by atoms with Gasteiger partial charge in [-0.3, -0.25) is 19.6 Å². The Balaban J connectivity index is 1.07. The molecular formula is C29H39FN6O5Si. The summed E-state index contributed by atoms with van der Waals surface area (Å²) in [6.07, 6.45) is 6.87. The van der Waals surface area contributed by atoms with E-state index in [2.05, 4.69) is 39.9 Å². The quantitative estimate of drug-likeness (QED) is 0.358. The van der Waals surface area contributed by atoms with Crippen molar-refractivity contribution in [2.75, 3.05) is 36.3 Å². The Morgan fingerprint density at radius 2 is 1.88 bits per heavy atom. The lowest BCUT2D eigenvalue weighted by molar-refractivity contribution is -0.122. The Morgan fingerprint density at radius 3 is 2.62 bits per heavy atom. The van der Waals surface area contributed by atoms with Crippen molar-refractivity contribution in [3.63, 3.8) is 0 Å². The molecule has 0 aromatic carbocycles. The molecule has 1 spiro atoms. The molecule has 0 bridgehead atoms. The van der Waals surface area contributed by atoms with Gasteiger partial charge in [0.25, 0.3) is 11.8 Å². The van der Waals surface area contributed by atoms with E-state index in [1.807, 2.05) is 6.92 Å². The van der Waals surface area contributed by atoms with Gasteiger partial charge in [-0.15, -0.1) is 0 Å². The number of nitrogens with one attached hydrogen (secondary N) is 1. The first kappa shape index (κ1) is 28.9. The lowest BCUT2D eigenvalue weighted by atomic mass is 9.81. The molecule has 6 rings (SSSR count). The number of rotatable bonds is 8. The van der Waals surface area contributed by atoms with Crippen LogP contribution in [0.15, 0.2) is 12.4 Å². The van der Waals surface area contributed by atoms with Gasteiger partial charge in [0.05, 0.1) is 18.9 Å². The highest BCUT2D eigenvalue weighted by molar-refractivity contribution is 6.76. The van der Waals surface area contributed by atoms with Gasteiger partial charge in [0.1, 0.15) is 18.1 Å². The molecule has 2 aliphatic heterocycles. The SMILES string of the molecule is Cc1ncc(F)c2c1CC(NC1CCC3(CC1)CN(c1cnc4c(n1)N(COCC[Si](C)(C)C)C(=O)CO4)C(=O)O3)C2. The Bertz CT molecular complexity index is 1350. The number of carbonyl (C=O) groups excluding carboxylic acids is 2. The maximum Gasteiger partial charge on any atom is 0.416 e. The molecule has 2 aromatic heterocycles. The lowest BCUT2D eigenvalue weighted by Gasteiger charge is -2.36. The predicted octanol–water partition coefficient (Wildman–Crippen LogP) is 3.75. The molecule has 13 heteroatoms. The van der Waals surface area contributed by atoms with Gasteiger partial charge >= 0.3 is 6.09 Å². The minimum absolute atomic E-state index is 0.0510. The van der Waals surface area contributed by atoms with Crippen molar-refractivity contribution >= 4 is 31.7 Å². The van der Waals surface area contributed by atoms with E-state index in [9.17, 15) is 14.0 Å². The summed E-state index contributed by atoms with van der Waals surface area (Å²) in [5, 5.41) is 3.72. The lowest BCUT2D eigenvalue weighted by Crippen LogP contribution is -2.47. The Labute approximate surface area is 246 Å². The van der Waals surface area contributed by atoms with E-state index in [-0.39, 0.29) is 48.8 Å². The minimum atomic E-state index is -1.28. The fourth-order valence-corrected chi connectivity index (χ4v) is 7.07. The zero-order valence-electron chi connectivity index (χ0n) is 24.7. The van der Waals surface area contributed by atoms with E-state index in [0.29, 0.717) is 38.2 Å². The number of aryl methyl sites for hydroxylation is 1. The Kier molecular flexibility index (Phi) is 7.69.